The zero-order chi connectivity index (χ0) is 15.6. The van der Waals surface area contributed by atoms with Gasteiger partial charge >= 0.3 is 0 Å². The molecule has 6 nitrogen and oxygen atoms in total. The standard InChI is InChI=1S/C12H20N2O4S2/c1-4-19(15,16)6-5-14-20(17,18)12-8-10(3)9(2)7-11(12)13/h7-8,14H,4-6,13H2,1-3H3. The maximum atomic E-state index is 12.1. The first-order valence-electron chi connectivity index (χ1n) is 6.16. The van der Waals surface area contributed by atoms with E-state index in [-0.39, 0.29) is 28.6 Å². The minimum absolute atomic E-state index is 0.0134. The maximum Gasteiger partial charge on any atom is 0.242 e. The summed E-state index contributed by atoms with van der Waals surface area (Å²) in [5, 5.41) is 0. The van der Waals surface area contributed by atoms with Crippen LogP contribution in [0.4, 0.5) is 5.69 Å². The number of nitrogens with one attached hydrogen (secondary N) is 1. The van der Waals surface area contributed by atoms with Crippen molar-refractivity contribution in [1.29, 1.82) is 0 Å². The molecule has 0 saturated heterocycles. The van der Waals surface area contributed by atoms with Crippen LogP contribution in [-0.2, 0) is 19.9 Å². The quantitative estimate of drug-likeness (QED) is 0.747. The van der Waals surface area contributed by atoms with E-state index in [1.165, 1.54) is 13.0 Å². The summed E-state index contributed by atoms with van der Waals surface area (Å²) in [6, 6.07) is 3.08. The van der Waals surface area contributed by atoms with Crippen LogP contribution in [-0.4, -0.2) is 34.9 Å². The minimum Gasteiger partial charge on any atom is -0.398 e. The summed E-state index contributed by atoms with van der Waals surface area (Å²) in [4.78, 5) is -0.0190. The second-order valence-corrected chi connectivity index (χ2v) is 8.82. The Morgan fingerprint density at radius 3 is 2.20 bits per heavy atom. The molecule has 114 valence electrons. The van der Waals surface area contributed by atoms with Gasteiger partial charge in [0.2, 0.25) is 10.0 Å². The van der Waals surface area contributed by atoms with Crippen LogP contribution < -0.4 is 10.5 Å². The van der Waals surface area contributed by atoms with E-state index >= 15 is 0 Å². The molecule has 0 aliphatic rings. The lowest BCUT2D eigenvalue weighted by Gasteiger charge is -2.11. The van der Waals surface area contributed by atoms with Gasteiger partial charge in [0.25, 0.3) is 0 Å². The molecule has 0 aliphatic heterocycles. The molecule has 0 radical (unpaired) electrons. The number of nitrogen functional groups attached to an aromatic ring is 1. The predicted octanol–water partition coefficient (Wildman–Crippen LogP) is 0.599. The van der Waals surface area contributed by atoms with Crippen LogP contribution in [0.25, 0.3) is 0 Å². The summed E-state index contributed by atoms with van der Waals surface area (Å²) < 4.78 is 49.1. The van der Waals surface area contributed by atoms with E-state index < -0.39 is 19.9 Å². The zero-order valence-electron chi connectivity index (χ0n) is 11.8. The smallest absolute Gasteiger partial charge is 0.242 e. The van der Waals surface area contributed by atoms with E-state index in [1.54, 1.807) is 13.0 Å². The van der Waals surface area contributed by atoms with E-state index in [0.29, 0.717) is 0 Å². The number of aryl methyl sites for hydroxylation is 2. The molecule has 0 bridgehead atoms. The van der Waals surface area contributed by atoms with E-state index in [4.69, 9.17) is 5.73 Å². The highest BCUT2D eigenvalue weighted by atomic mass is 32.2. The Morgan fingerprint density at radius 2 is 1.65 bits per heavy atom. The van der Waals surface area contributed by atoms with Gasteiger partial charge in [0.15, 0.2) is 9.84 Å². The predicted molar refractivity (Wildman–Crippen MR) is 79.8 cm³/mol. The van der Waals surface area contributed by atoms with Crippen LogP contribution in [0.15, 0.2) is 17.0 Å². The lowest BCUT2D eigenvalue weighted by molar-refractivity contribution is 0.581. The van der Waals surface area contributed by atoms with Crippen LogP contribution in [0, 0.1) is 13.8 Å². The molecule has 3 N–H and O–H groups in total. The Hall–Kier alpha value is -1.12. The second kappa shape index (κ2) is 6.11. The summed E-state index contributed by atoms with van der Waals surface area (Å²) in [6.45, 7) is 4.98. The lowest BCUT2D eigenvalue weighted by atomic mass is 10.1. The molecule has 0 saturated carbocycles. The molecule has 1 rings (SSSR count). The van der Waals surface area contributed by atoms with Gasteiger partial charge < -0.3 is 5.73 Å². The molecule has 0 unspecified atom stereocenters. The summed E-state index contributed by atoms with van der Waals surface area (Å²) >= 11 is 0. The van der Waals surface area contributed by atoms with Gasteiger partial charge in [0, 0.05) is 12.3 Å². The highest BCUT2D eigenvalue weighted by molar-refractivity contribution is 7.91. The van der Waals surface area contributed by atoms with Crippen molar-refractivity contribution in [2.45, 2.75) is 25.7 Å². The summed E-state index contributed by atoms with van der Waals surface area (Å²) in [5.41, 5.74) is 7.58. The molecule has 0 fully saturated rings. The van der Waals surface area contributed by atoms with Gasteiger partial charge in [-0.1, -0.05) is 6.92 Å². The van der Waals surface area contributed by atoms with Gasteiger partial charge in [-0.05, 0) is 37.1 Å². The Balaban J connectivity index is 2.93. The third-order valence-corrected chi connectivity index (χ3v) is 6.28. The van der Waals surface area contributed by atoms with E-state index in [9.17, 15) is 16.8 Å². The average Bonchev–Trinajstić information content (AvgIpc) is 2.33. The van der Waals surface area contributed by atoms with Crippen LogP contribution in [0.1, 0.15) is 18.1 Å². The van der Waals surface area contributed by atoms with Crippen LogP contribution in [0.3, 0.4) is 0 Å². The fourth-order valence-corrected chi connectivity index (χ4v) is 3.66. The van der Waals surface area contributed by atoms with Gasteiger partial charge in [-0.25, -0.2) is 21.6 Å². The molecule has 0 aliphatic carbocycles. The first-order valence-corrected chi connectivity index (χ1v) is 9.46. The number of hydrogen-bond acceptors (Lipinski definition) is 5. The first-order chi connectivity index (χ1) is 9.09. The van der Waals surface area contributed by atoms with Gasteiger partial charge in [0.1, 0.15) is 4.90 Å². The molecule has 0 spiro atoms. The van der Waals surface area contributed by atoms with Crippen molar-refractivity contribution >= 4 is 25.5 Å². The normalized spacial score (nSPS) is 12.6. The monoisotopic (exact) mass is 320 g/mol. The van der Waals surface area contributed by atoms with Crippen LogP contribution in [0.5, 0.6) is 0 Å². The van der Waals surface area contributed by atoms with Gasteiger partial charge in [0.05, 0.1) is 11.4 Å². The lowest BCUT2D eigenvalue weighted by Crippen LogP contribution is -2.30. The third-order valence-electron chi connectivity index (χ3n) is 3.06. The van der Waals surface area contributed by atoms with Crippen molar-refractivity contribution in [3.05, 3.63) is 23.3 Å². The largest absolute Gasteiger partial charge is 0.398 e. The molecule has 0 aromatic heterocycles. The fourth-order valence-electron chi connectivity index (χ4n) is 1.60. The zero-order valence-corrected chi connectivity index (χ0v) is 13.4. The van der Waals surface area contributed by atoms with Crippen LogP contribution >= 0.6 is 0 Å². The summed E-state index contributed by atoms with van der Waals surface area (Å²) in [6.07, 6.45) is 0. The SMILES string of the molecule is CCS(=O)(=O)CCNS(=O)(=O)c1cc(C)c(C)cc1N. The molecule has 1 aromatic rings. The summed E-state index contributed by atoms with van der Waals surface area (Å²) in [7, 11) is -7.01. The van der Waals surface area contributed by atoms with Crippen molar-refractivity contribution in [1.82, 2.24) is 4.72 Å². The van der Waals surface area contributed by atoms with Gasteiger partial charge in [-0.3, -0.25) is 0 Å². The van der Waals surface area contributed by atoms with Crippen molar-refractivity contribution in [3.63, 3.8) is 0 Å². The first kappa shape index (κ1) is 16.9. The van der Waals surface area contributed by atoms with E-state index in [1.807, 2.05) is 6.92 Å². The van der Waals surface area contributed by atoms with Crippen LogP contribution in [0.2, 0.25) is 0 Å². The second-order valence-electron chi connectivity index (χ2n) is 4.61. The van der Waals surface area contributed by atoms with Gasteiger partial charge in [-0.2, -0.15) is 0 Å². The Morgan fingerprint density at radius 1 is 1.10 bits per heavy atom. The molecular weight excluding hydrogens is 300 g/mol. The molecular formula is C12H20N2O4S2. The Bertz CT molecular complexity index is 694. The highest BCUT2D eigenvalue weighted by Crippen LogP contribution is 2.22. The molecule has 0 heterocycles. The molecule has 20 heavy (non-hydrogen) atoms. The number of sulfone groups is 1. The number of nitrogens with two attached hydrogens (primary N) is 1. The van der Waals surface area contributed by atoms with Crippen molar-refractivity contribution in [2.75, 3.05) is 23.8 Å². The molecule has 0 amide bonds. The summed E-state index contributed by atoms with van der Waals surface area (Å²) in [5.74, 6) is -0.242. The van der Waals surface area contributed by atoms with E-state index in [2.05, 4.69) is 4.72 Å². The average molecular weight is 320 g/mol. The topological polar surface area (TPSA) is 106 Å². The van der Waals surface area contributed by atoms with Crippen molar-refractivity contribution < 1.29 is 16.8 Å². The number of rotatable bonds is 6. The maximum absolute atomic E-state index is 12.1. The number of anilines is 1. The van der Waals surface area contributed by atoms with Crippen molar-refractivity contribution in [3.8, 4) is 0 Å². The number of sulfonamides is 1. The minimum atomic E-state index is -3.80. The fraction of sp³-hybridized carbons (Fsp3) is 0.500. The number of hydrogen-bond donors (Lipinski definition) is 2. The Labute approximate surface area is 120 Å². The molecule has 8 heteroatoms. The van der Waals surface area contributed by atoms with Crippen molar-refractivity contribution in [2.24, 2.45) is 0 Å². The van der Waals surface area contributed by atoms with E-state index in [0.717, 1.165) is 11.1 Å². The molecule has 0 atom stereocenters. The Kier molecular flexibility index (Phi) is 5.17. The van der Waals surface area contributed by atoms with Gasteiger partial charge in [-0.15, -0.1) is 0 Å². The third kappa shape index (κ3) is 4.19. The highest BCUT2D eigenvalue weighted by Gasteiger charge is 2.19. The number of benzene rings is 1. The molecule has 1 aromatic carbocycles.